The molecule has 3 aromatic rings. The number of aryl methyl sites for hydroxylation is 1. The van der Waals surface area contributed by atoms with Gasteiger partial charge in [-0.2, -0.15) is 0 Å². The first kappa shape index (κ1) is 13.9. The highest BCUT2D eigenvalue weighted by Gasteiger charge is 2.14. The number of pyridine rings is 1. The number of rotatable bonds is 3. The van der Waals surface area contributed by atoms with Gasteiger partial charge in [0.05, 0.1) is 11.8 Å². The van der Waals surface area contributed by atoms with Crippen molar-refractivity contribution in [3.63, 3.8) is 0 Å². The molecule has 110 valence electrons. The van der Waals surface area contributed by atoms with Crippen LogP contribution in [0.15, 0.2) is 47.5 Å². The van der Waals surface area contributed by atoms with Crippen LogP contribution in [0.5, 0.6) is 0 Å². The molecule has 2 heterocycles. The maximum atomic E-state index is 13.6. The summed E-state index contributed by atoms with van der Waals surface area (Å²) >= 11 is 0. The van der Waals surface area contributed by atoms with Crippen LogP contribution in [0.2, 0.25) is 0 Å². The number of carbonyl (C=O) groups excluding carboxylic acids is 1. The largest absolute Gasteiger partial charge is 0.423 e. The van der Waals surface area contributed by atoms with E-state index < -0.39 is 11.7 Å². The molecule has 7 heteroatoms. The molecule has 0 aliphatic heterocycles. The van der Waals surface area contributed by atoms with Crippen LogP contribution in [0.1, 0.15) is 15.9 Å². The van der Waals surface area contributed by atoms with Crippen molar-refractivity contribution in [2.75, 3.05) is 5.32 Å². The summed E-state index contributed by atoms with van der Waals surface area (Å²) in [7, 11) is 0. The predicted molar refractivity (Wildman–Crippen MR) is 76.6 cm³/mol. The SMILES string of the molecule is Cc1ccc(-c2nnco2)cc1NC(=O)c1ccncc1F. The molecule has 0 atom stereocenters. The van der Waals surface area contributed by atoms with Crippen molar-refractivity contribution in [2.45, 2.75) is 6.92 Å². The number of nitrogens with one attached hydrogen (secondary N) is 1. The van der Waals surface area contributed by atoms with Crippen molar-refractivity contribution in [2.24, 2.45) is 0 Å². The van der Waals surface area contributed by atoms with Gasteiger partial charge >= 0.3 is 0 Å². The van der Waals surface area contributed by atoms with E-state index in [4.69, 9.17) is 4.42 Å². The van der Waals surface area contributed by atoms with E-state index in [-0.39, 0.29) is 5.56 Å². The number of benzene rings is 1. The minimum atomic E-state index is -0.675. The Bertz CT molecular complexity index is 818. The molecule has 2 aromatic heterocycles. The molecule has 0 fully saturated rings. The Morgan fingerprint density at radius 2 is 2.18 bits per heavy atom. The highest BCUT2D eigenvalue weighted by molar-refractivity contribution is 6.05. The Morgan fingerprint density at radius 1 is 1.32 bits per heavy atom. The molecule has 3 rings (SSSR count). The maximum Gasteiger partial charge on any atom is 0.258 e. The number of anilines is 1. The molecule has 0 saturated heterocycles. The number of nitrogens with zero attached hydrogens (tertiary/aromatic N) is 3. The van der Waals surface area contributed by atoms with E-state index in [1.165, 1.54) is 18.7 Å². The number of hydrogen-bond acceptors (Lipinski definition) is 5. The van der Waals surface area contributed by atoms with Crippen molar-refractivity contribution in [3.05, 3.63) is 60.0 Å². The van der Waals surface area contributed by atoms with Gasteiger partial charge in [-0.15, -0.1) is 10.2 Å². The lowest BCUT2D eigenvalue weighted by Gasteiger charge is -2.10. The number of amides is 1. The minimum Gasteiger partial charge on any atom is -0.423 e. The van der Waals surface area contributed by atoms with Crippen molar-refractivity contribution in [1.82, 2.24) is 15.2 Å². The van der Waals surface area contributed by atoms with E-state index >= 15 is 0 Å². The quantitative estimate of drug-likeness (QED) is 0.804. The maximum absolute atomic E-state index is 13.6. The molecule has 0 spiro atoms. The highest BCUT2D eigenvalue weighted by atomic mass is 19.1. The third-order valence-electron chi connectivity index (χ3n) is 3.11. The molecule has 0 aliphatic rings. The summed E-state index contributed by atoms with van der Waals surface area (Å²) in [5, 5.41) is 10.1. The zero-order chi connectivity index (χ0) is 15.5. The topological polar surface area (TPSA) is 80.9 Å². The van der Waals surface area contributed by atoms with Crippen molar-refractivity contribution >= 4 is 11.6 Å². The van der Waals surface area contributed by atoms with Gasteiger partial charge in [-0.05, 0) is 30.7 Å². The van der Waals surface area contributed by atoms with Gasteiger partial charge in [-0.1, -0.05) is 6.07 Å². The average Bonchev–Trinajstić information content (AvgIpc) is 3.04. The van der Waals surface area contributed by atoms with Gasteiger partial charge in [-0.3, -0.25) is 9.78 Å². The monoisotopic (exact) mass is 298 g/mol. The molecule has 0 aliphatic carbocycles. The minimum absolute atomic E-state index is 0.0717. The molecular weight excluding hydrogens is 287 g/mol. The van der Waals surface area contributed by atoms with Crippen LogP contribution in [0, 0.1) is 12.7 Å². The lowest BCUT2D eigenvalue weighted by molar-refractivity contribution is 0.102. The smallest absolute Gasteiger partial charge is 0.258 e. The van der Waals surface area contributed by atoms with Gasteiger partial charge in [0.15, 0.2) is 5.82 Å². The fourth-order valence-corrected chi connectivity index (χ4v) is 1.94. The summed E-state index contributed by atoms with van der Waals surface area (Å²) in [6.07, 6.45) is 3.58. The van der Waals surface area contributed by atoms with Crippen molar-refractivity contribution in [3.8, 4) is 11.5 Å². The van der Waals surface area contributed by atoms with E-state index in [0.29, 0.717) is 17.1 Å². The third-order valence-corrected chi connectivity index (χ3v) is 3.11. The highest BCUT2D eigenvalue weighted by Crippen LogP contribution is 2.24. The Kier molecular flexibility index (Phi) is 3.61. The molecule has 0 saturated carbocycles. The van der Waals surface area contributed by atoms with Gasteiger partial charge in [-0.25, -0.2) is 4.39 Å². The Labute approximate surface area is 125 Å². The number of halogens is 1. The Balaban J connectivity index is 1.91. The molecule has 1 amide bonds. The summed E-state index contributed by atoms with van der Waals surface area (Å²) in [6.45, 7) is 1.83. The first-order valence-corrected chi connectivity index (χ1v) is 6.43. The standard InChI is InChI=1S/C15H11FN4O2/c1-9-2-3-10(15-20-18-8-22-15)6-13(9)19-14(21)11-4-5-17-7-12(11)16/h2-8H,1H3,(H,19,21). The van der Waals surface area contributed by atoms with Crippen LogP contribution in [-0.4, -0.2) is 21.1 Å². The van der Waals surface area contributed by atoms with Crippen LogP contribution in [-0.2, 0) is 0 Å². The zero-order valence-electron chi connectivity index (χ0n) is 11.6. The summed E-state index contributed by atoms with van der Waals surface area (Å²) in [4.78, 5) is 15.8. The van der Waals surface area contributed by atoms with Gasteiger partial charge in [0.25, 0.3) is 5.91 Å². The molecule has 22 heavy (non-hydrogen) atoms. The fourth-order valence-electron chi connectivity index (χ4n) is 1.94. The van der Waals surface area contributed by atoms with Gasteiger partial charge in [0, 0.05) is 17.4 Å². The van der Waals surface area contributed by atoms with Crippen LogP contribution < -0.4 is 5.32 Å². The third kappa shape index (κ3) is 2.69. The summed E-state index contributed by atoms with van der Waals surface area (Å²) in [5.41, 5.74) is 1.95. The van der Waals surface area contributed by atoms with Gasteiger partial charge in [0.2, 0.25) is 12.3 Å². The van der Waals surface area contributed by atoms with Crippen molar-refractivity contribution in [1.29, 1.82) is 0 Å². The molecular formula is C15H11FN4O2. The molecule has 0 radical (unpaired) electrons. The molecule has 6 nitrogen and oxygen atoms in total. The second kappa shape index (κ2) is 5.72. The van der Waals surface area contributed by atoms with E-state index in [1.807, 2.05) is 6.92 Å². The lowest BCUT2D eigenvalue weighted by atomic mass is 10.1. The van der Waals surface area contributed by atoms with E-state index in [0.717, 1.165) is 11.8 Å². The number of hydrogen-bond donors (Lipinski definition) is 1. The first-order valence-electron chi connectivity index (χ1n) is 6.43. The van der Waals surface area contributed by atoms with Crippen LogP contribution >= 0.6 is 0 Å². The normalized spacial score (nSPS) is 10.5. The second-order valence-corrected chi connectivity index (χ2v) is 4.58. The second-order valence-electron chi connectivity index (χ2n) is 4.58. The summed E-state index contributed by atoms with van der Waals surface area (Å²) in [6, 6.07) is 6.62. The molecule has 0 bridgehead atoms. The number of carbonyl (C=O) groups is 1. The summed E-state index contributed by atoms with van der Waals surface area (Å²) in [5.74, 6) is -0.887. The van der Waals surface area contributed by atoms with E-state index in [1.54, 1.807) is 18.2 Å². The lowest BCUT2D eigenvalue weighted by Crippen LogP contribution is -2.14. The zero-order valence-corrected chi connectivity index (χ0v) is 11.6. The van der Waals surface area contributed by atoms with E-state index in [2.05, 4.69) is 20.5 Å². The molecule has 0 unspecified atom stereocenters. The van der Waals surface area contributed by atoms with Gasteiger partial charge in [0.1, 0.15) is 0 Å². The fraction of sp³-hybridized carbons (Fsp3) is 0.0667. The average molecular weight is 298 g/mol. The predicted octanol–water partition coefficient (Wildman–Crippen LogP) is 2.83. The van der Waals surface area contributed by atoms with Crippen LogP contribution in [0.4, 0.5) is 10.1 Å². The van der Waals surface area contributed by atoms with Crippen molar-refractivity contribution < 1.29 is 13.6 Å². The Morgan fingerprint density at radius 3 is 2.91 bits per heavy atom. The number of aromatic nitrogens is 3. The molecule has 1 aromatic carbocycles. The first-order chi connectivity index (χ1) is 10.6. The summed E-state index contributed by atoms with van der Waals surface area (Å²) < 4.78 is 18.7. The van der Waals surface area contributed by atoms with Crippen LogP contribution in [0.3, 0.4) is 0 Å². The molecule has 1 N–H and O–H groups in total. The van der Waals surface area contributed by atoms with Gasteiger partial charge < -0.3 is 9.73 Å². The van der Waals surface area contributed by atoms with Crippen LogP contribution in [0.25, 0.3) is 11.5 Å². The van der Waals surface area contributed by atoms with E-state index in [9.17, 15) is 9.18 Å². The Hall–Kier alpha value is -3.09.